The Morgan fingerprint density at radius 1 is 1.24 bits per heavy atom. The number of alkyl halides is 2. The molecule has 0 amide bonds. The summed E-state index contributed by atoms with van der Waals surface area (Å²) in [6.07, 6.45) is 3.37. The van der Waals surface area contributed by atoms with Crippen LogP contribution in [-0.4, -0.2) is 56.8 Å². The predicted octanol–water partition coefficient (Wildman–Crippen LogP) is 3.84. The van der Waals surface area contributed by atoms with Crippen LogP contribution in [0, 0.1) is 0 Å². The lowest BCUT2D eigenvalue weighted by atomic mass is 10.1. The summed E-state index contributed by atoms with van der Waals surface area (Å²) < 4.78 is 35.0. The summed E-state index contributed by atoms with van der Waals surface area (Å²) in [7, 11) is 1.74. The maximum Gasteiger partial charge on any atom is 0.387 e. The van der Waals surface area contributed by atoms with E-state index in [0.717, 1.165) is 44.0 Å². The van der Waals surface area contributed by atoms with Crippen LogP contribution in [-0.2, 0) is 6.54 Å². The van der Waals surface area contributed by atoms with Crippen molar-refractivity contribution in [3.8, 4) is 11.5 Å². The van der Waals surface area contributed by atoms with Gasteiger partial charge >= 0.3 is 6.61 Å². The fourth-order valence-electron chi connectivity index (χ4n) is 3.31. The van der Waals surface area contributed by atoms with Crippen LogP contribution in [0.3, 0.4) is 0 Å². The fourth-order valence-corrected chi connectivity index (χ4v) is 3.31. The van der Waals surface area contributed by atoms with Crippen molar-refractivity contribution in [3.63, 3.8) is 0 Å². The summed E-state index contributed by atoms with van der Waals surface area (Å²) in [6.45, 7) is 5.37. The minimum absolute atomic E-state index is 0. The van der Waals surface area contributed by atoms with Crippen LogP contribution >= 0.6 is 24.0 Å². The monoisotopic (exact) mass is 526 g/mol. The number of ether oxygens (including phenoxy) is 2. The number of halogens is 3. The van der Waals surface area contributed by atoms with Crippen LogP contribution in [0.4, 0.5) is 8.78 Å². The van der Waals surface area contributed by atoms with E-state index in [-0.39, 0.29) is 29.7 Å². The van der Waals surface area contributed by atoms with E-state index < -0.39 is 6.61 Å². The molecule has 0 aromatic heterocycles. The molecule has 166 valence electrons. The van der Waals surface area contributed by atoms with E-state index in [1.54, 1.807) is 26.1 Å². The van der Waals surface area contributed by atoms with Crippen LogP contribution in [0.15, 0.2) is 23.2 Å². The highest BCUT2D eigenvalue weighted by Crippen LogP contribution is 2.29. The van der Waals surface area contributed by atoms with Crippen molar-refractivity contribution in [1.29, 1.82) is 0 Å². The van der Waals surface area contributed by atoms with E-state index in [9.17, 15) is 8.78 Å². The molecule has 0 atom stereocenters. The van der Waals surface area contributed by atoms with Crippen LogP contribution in [0.2, 0.25) is 0 Å². The van der Waals surface area contributed by atoms with E-state index in [4.69, 9.17) is 4.74 Å². The molecule has 6 nitrogen and oxygen atoms in total. The highest BCUT2D eigenvalue weighted by atomic mass is 127. The minimum atomic E-state index is -2.88. The molecular formula is C20H33F2IN4O2. The zero-order chi connectivity index (χ0) is 20.4. The van der Waals surface area contributed by atoms with Gasteiger partial charge in [-0.15, -0.1) is 24.0 Å². The number of hydrogen-bond acceptors (Lipinski definition) is 4. The van der Waals surface area contributed by atoms with Gasteiger partial charge in [0, 0.05) is 32.7 Å². The second kappa shape index (κ2) is 13.8. The minimum Gasteiger partial charge on any atom is -0.490 e. The van der Waals surface area contributed by atoms with Gasteiger partial charge < -0.3 is 25.0 Å². The summed E-state index contributed by atoms with van der Waals surface area (Å²) in [5, 5.41) is 6.75. The van der Waals surface area contributed by atoms with E-state index in [1.165, 1.54) is 12.5 Å². The van der Waals surface area contributed by atoms with Crippen molar-refractivity contribution in [1.82, 2.24) is 15.5 Å². The van der Waals surface area contributed by atoms with Gasteiger partial charge in [-0.1, -0.05) is 13.0 Å². The number of aliphatic imine (C=N–C) groups is 1. The summed E-state index contributed by atoms with van der Waals surface area (Å²) >= 11 is 0. The van der Waals surface area contributed by atoms with E-state index in [0.29, 0.717) is 24.9 Å². The van der Waals surface area contributed by atoms with Crippen molar-refractivity contribution in [3.05, 3.63) is 23.8 Å². The zero-order valence-electron chi connectivity index (χ0n) is 17.4. The number of rotatable bonds is 9. The topological polar surface area (TPSA) is 58.1 Å². The molecule has 0 radical (unpaired) electrons. The van der Waals surface area contributed by atoms with Crippen LogP contribution in [0.25, 0.3) is 0 Å². The maximum atomic E-state index is 12.5. The highest BCUT2D eigenvalue weighted by molar-refractivity contribution is 14.0. The Hall–Kier alpha value is -1.36. The van der Waals surface area contributed by atoms with Gasteiger partial charge in [-0.3, -0.25) is 4.99 Å². The number of nitrogens with zero attached hydrogens (tertiary/aromatic N) is 2. The second-order valence-electron chi connectivity index (χ2n) is 6.78. The molecular weight excluding hydrogens is 493 g/mol. The maximum absolute atomic E-state index is 12.5. The fraction of sp³-hybridized carbons (Fsp3) is 0.650. The van der Waals surface area contributed by atoms with Crippen molar-refractivity contribution in [2.75, 3.05) is 33.3 Å². The number of guanidine groups is 1. The largest absolute Gasteiger partial charge is 0.490 e. The zero-order valence-corrected chi connectivity index (χ0v) is 19.7. The molecule has 1 saturated heterocycles. The van der Waals surface area contributed by atoms with Gasteiger partial charge in [-0.05, 0) is 50.4 Å². The Balaban J connectivity index is 0.00000420. The summed E-state index contributed by atoms with van der Waals surface area (Å²) in [6, 6.07) is 5.36. The summed E-state index contributed by atoms with van der Waals surface area (Å²) in [4.78, 5) is 6.79. The lowest BCUT2D eigenvalue weighted by molar-refractivity contribution is -0.0514. The molecule has 1 aliphatic rings. The molecule has 2 N–H and O–H groups in total. The third kappa shape index (κ3) is 8.90. The highest BCUT2D eigenvalue weighted by Gasteiger charge is 2.19. The number of hydrogen-bond donors (Lipinski definition) is 2. The van der Waals surface area contributed by atoms with Gasteiger partial charge in [0.25, 0.3) is 0 Å². The first kappa shape index (κ1) is 25.7. The third-order valence-corrected chi connectivity index (χ3v) is 4.68. The second-order valence-corrected chi connectivity index (χ2v) is 6.78. The molecule has 2 rings (SSSR count). The van der Waals surface area contributed by atoms with Gasteiger partial charge in [-0.25, -0.2) is 0 Å². The molecule has 0 spiro atoms. The molecule has 29 heavy (non-hydrogen) atoms. The quantitative estimate of drug-likeness (QED) is 0.291. The Labute approximate surface area is 189 Å². The molecule has 0 aliphatic carbocycles. The van der Waals surface area contributed by atoms with E-state index >= 15 is 0 Å². The first-order chi connectivity index (χ1) is 13.5. The molecule has 0 bridgehead atoms. The molecule has 0 saturated carbocycles. The smallest absolute Gasteiger partial charge is 0.387 e. The summed E-state index contributed by atoms with van der Waals surface area (Å²) in [5.74, 6) is 1.09. The van der Waals surface area contributed by atoms with Crippen molar-refractivity contribution < 1.29 is 18.3 Å². The molecule has 1 aromatic carbocycles. The predicted molar refractivity (Wildman–Crippen MR) is 123 cm³/mol. The first-order valence-corrected chi connectivity index (χ1v) is 9.95. The Kier molecular flexibility index (Phi) is 12.2. The third-order valence-electron chi connectivity index (χ3n) is 4.68. The number of nitrogens with one attached hydrogen (secondary N) is 2. The molecule has 1 heterocycles. The van der Waals surface area contributed by atoms with Crippen LogP contribution in [0.5, 0.6) is 11.5 Å². The average molecular weight is 526 g/mol. The Morgan fingerprint density at radius 3 is 2.55 bits per heavy atom. The summed E-state index contributed by atoms with van der Waals surface area (Å²) in [5.41, 5.74) is 0.894. The Morgan fingerprint density at radius 2 is 1.97 bits per heavy atom. The van der Waals surface area contributed by atoms with Gasteiger partial charge in [-0.2, -0.15) is 8.78 Å². The van der Waals surface area contributed by atoms with Crippen molar-refractivity contribution >= 4 is 29.9 Å². The lowest BCUT2D eigenvalue weighted by Crippen LogP contribution is -2.48. The van der Waals surface area contributed by atoms with Gasteiger partial charge in [0.2, 0.25) is 0 Å². The van der Waals surface area contributed by atoms with Gasteiger partial charge in [0.1, 0.15) is 0 Å². The molecule has 1 aromatic rings. The van der Waals surface area contributed by atoms with Gasteiger partial charge in [0.15, 0.2) is 17.5 Å². The Bertz CT molecular complexity index is 626. The van der Waals surface area contributed by atoms with Crippen LogP contribution < -0.4 is 20.1 Å². The van der Waals surface area contributed by atoms with Crippen molar-refractivity contribution in [2.45, 2.75) is 52.3 Å². The van der Waals surface area contributed by atoms with Crippen LogP contribution in [0.1, 0.15) is 38.7 Å². The molecule has 1 fully saturated rings. The SMILES string of the molecule is CCCN1CCC(NC(=NC)NCc2ccc(OC(F)F)c(OCC)c2)CC1.I. The number of likely N-dealkylation sites (tertiary alicyclic amines) is 1. The normalized spacial score (nSPS) is 15.7. The molecule has 9 heteroatoms. The number of piperidine rings is 1. The number of benzene rings is 1. The van der Waals surface area contributed by atoms with Crippen molar-refractivity contribution in [2.24, 2.45) is 4.99 Å². The lowest BCUT2D eigenvalue weighted by Gasteiger charge is -2.32. The molecule has 0 unspecified atom stereocenters. The average Bonchev–Trinajstić information content (AvgIpc) is 2.68. The standard InChI is InChI=1S/C20H32F2N4O2.HI/c1-4-10-26-11-8-16(9-12-26)25-20(23-3)24-14-15-6-7-17(28-19(21)22)18(13-15)27-5-2;/h6-7,13,16,19H,4-5,8-12,14H2,1-3H3,(H2,23,24,25);1H. The van der Waals surface area contributed by atoms with E-state index in [2.05, 4.69) is 32.2 Å². The van der Waals surface area contributed by atoms with E-state index in [1.807, 2.05) is 0 Å². The first-order valence-electron chi connectivity index (χ1n) is 9.95. The molecule has 1 aliphatic heterocycles. The van der Waals surface area contributed by atoms with Gasteiger partial charge in [0.05, 0.1) is 6.61 Å².